The molecular weight excluding hydrogens is 300 g/mol. The van der Waals surface area contributed by atoms with E-state index in [0.717, 1.165) is 5.56 Å². The Bertz CT molecular complexity index is 559. The van der Waals surface area contributed by atoms with Gasteiger partial charge in [-0.1, -0.05) is 12.1 Å². The van der Waals surface area contributed by atoms with Crippen LogP contribution in [0.1, 0.15) is 25.3 Å². The van der Waals surface area contributed by atoms with Gasteiger partial charge in [-0.25, -0.2) is 0 Å². The highest BCUT2D eigenvalue weighted by molar-refractivity contribution is 6.08. The lowest BCUT2D eigenvalue weighted by atomic mass is 10.2. The van der Waals surface area contributed by atoms with E-state index in [1.165, 1.54) is 0 Å². The number of nitrogens with one attached hydrogen (secondary N) is 2. The summed E-state index contributed by atoms with van der Waals surface area (Å²) in [5.74, 6) is -1.96. The maximum atomic E-state index is 11.8. The fourth-order valence-electron chi connectivity index (χ4n) is 1.83. The SMILES string of the molecule is CCOC(=O)CCCNC(=O)C(O)C(=O)Nc1cccc(C)c1. The van der Waals surface area contributed by atoms with Crippen molar-refractivity contribution in [3.63, 3.8) is 0 Å². The summed E-state index contributed by atoms with van der Waals surface area (Å²) in [6.45, 7) is 4.06. The van der Waals surface area contributed by atoms with Crippen LogP contribution in [0.3, 0.4) is 0 Å². The average Bonchev–Trinajstić information content (AvgIpc) is 2.50. The zero-order valence-corrected chi connectivity index (χ0v) is 13.3. The van der Waals surface area contributed by atoms with E-state index in [0.29, 0.717) is 18.7 Å². The summed E-state index contributed by atoms with van der Waals surface area (Å²) in [6.07, 6.45) is -1.27. The molecule has 3 N–H and O–H groups in total. The molecule has 126 valence electrons. The van der Waals surface area contributed by atoms with Crippen LogP contribution in [0.15, 0.2) is 24.3 Å². The number of amides is 2. The molecule has 0 aromatic heterocycles. The van der Waals surface area contributed by atoms with E-state index < -0.39 is 17.9 Å². The van der Waals surface area contributed by atoms with Crippen LogP contribution in [0.25, 0.3) is 0 Å². The van der Waals surface area contributed by atoms with E-state index in [9.17, 15) is 19.5 Å². The number of rotatable bonds is 8. The number of carbonyl (C=O) groups is 3. The first-order valence-electron chi connectivity index (χ1n) is 7.43. The van der Waals surface area contributed by atoms with Crippen LogP contribution < -0.4 is 10.6 Å². The van der Waals surface area contributed by atoms with Gasteiger partial charge < -0.3 is 20.5 Å². The van der Waals surface area contributed by atoms with E-state index >= 15 is 0 Å². The zero-order chi connectivity index (χ0) is 17.2. The number of aliphatic hydroxyl groups excluding tert-OH is 1. The van der Waals surface area contributed by atoms with E-state index in [1.807, 2.05) is 13.0 Å². The van der Waals surface area contributed by atoms with Gasteiger partial charge in [0, 0.05) is 18.7 Å². The largest absolute Gasteiger partial charge is 0.466 e. The number of aryl methyl sites for hydroxylation is 1. The molecule has 0 saturated heterocycles. The topological polar surface area (TPSA) is 105 Å². The summed E-state index contributed by atoms with van der Waals surface area (Å²) in [7, 11) is 0. The molecule has 2 amide bonds. The minimum Gasteiger partial charge on any atom is -0.466 e. The van der Waals surface area contributed by atoms with Crippen LogP contribution in [0, 0.1) is 6.92 Å². The first kappa shape index (κ1) is 18.6. The third-order valence-corrected chi connectivity index (χ3v) is 2.94. The van der Waals surface area contributed by atoms with Crippen molar-refractivity contribution in [2.24, 2.45) is 0 Å². The average molecular weight is 322 g/mol. The first-order chi connectivity index (χ1) is 10.9. The second-order valence-corrected chi connectivity index (χ2v) is 4.96. The van der Waals surface area contributed by atoms with E-state index in [2.05, 4.69) is 10.6 Å². The number of anilines is 1. The molecule has 0 spiro atoms. The number of esters is 1. The Labute approximate surface area is 135 Å². The zero-order valence-electron chi connectivity index (χ0n) is 13.3. The molecule has 0 aliphatic carbocycles. The summed E-state index contributed by atoms with van der Waals surface area (Å²) in [5.41, 5.74) is 1.45. The molecule has 0 aliphatic heterocycles. The van der Waals surface area contributed by atoms with Crippen molar-refractivity contribution in [1.29, 1.82) is 0 Å². The van der Waals surface area contributed by atoms with Gasteiger partial charge in [0.05, 0.1) is 6.61 Å². The van der Waals surface area contributed by atoms with E-state index in [1.54, 1.807) is 25.1 Å². The van der Waals surface area contributed by atoms with Crippen LogP contribution in [-0.4, -0.2) is 42.1 Å². The fourth-order valence-corrected chi connectivity index (χ4v) is 1.83. The monoisotopic (exact) mass is 322 g/mol. The highest BCUT2D eigenvalue weighted by atomic mass is 16.5. The molecule has 0 saturated carbocycles. The molecule has 0 radical (unpaired) electrons. The molecule has 0 bridgehead atoms. The van der Waals surface area contributed by atoms with Crippen molar-refractivity contribution >= 4 is 23.5 Å². The number of benzene rings is 1. The Morgan fingerprint density at radius 2 is 2.00 bits per heavy atom. The van der Waals surface area contributed by atoms with Crippen LogP contribution in [0.2, 0.25) is 0 Å². The minimum absolute atomic E-state index is 0.166. The molecule has 23 heavy (non-hydrogen) atoms. The van der Waals surface area contributed by atoms with Crippen LogP contribution in [-0.2, 0) is 19.1 Å². The van der Waals surface area contributed by atoms with Gasteiger partial charge >= 0.3 is 5.97 Å². The standard InChI is InChI=1S/C16H22N2O5/c1-3-23-13(19)8-5-9-17-15(21)14(20)16(22)18-12-7-4-6-11(2)10-12/h4,6-7,10,14,20H,3,5,8-9H2,1-2H3,(H,17,21)(H,18,22). The van der Waals surface area contributed by atoms with Crippen molar-refractivity contribution in [1.82, 2.24) is 5.32 Å². The van der Waals surface area contributed by atoms with Crippen molar-refractivity contribution < 1.29 is 24.2 Å². The summed E-state index contributed by atoms with van der Waals surface area (Å²) in [5, 5.41) is 14.6. The Morgan fingerprint density at radius 1 is 1.26 bits per heavy atom. The first-order valence-corrected chi connectivity index (χ1v) is 7.43. The molecule has 7 heteroatoms. The van der Waals surface area contributed by atoms with E-state index in [4.69, 9.17) is 4.74 Å². The molecular formula is C16H22N2O5. The predicted molar refractivity (Wildman–Crippen MR) is 84.7 cm³/mol. The number of aliphatic hydroxyl groups is 1. The van der Waals surface area contributed by atoms with Gasteiger partial charge in [0.2, 0.25) is 6.10 Å². The van der Waals surface area contributed by atoms with Crippen LogP contribution in [0.4, 0.5) is 5.69 Å². The quantitative estimate of drug-likeness (QED) is 0.372. The number of hydrogen-bond donors (Lipinski definition) is 3. The second-order valence-electron chi connectivity index (χ2n) is 4.96. The van der Waals surface area contributed by atoms with Gasteiger partial charge in [-0.3, -0.25) is 14.4 Å². The van der Waals surface area contributed by atoms with Gasteiger partial charge in [-0.15, -0.1) is 0 Å². The van der Waals surface area contributed by atoms with Crippen molar-refractivity contribution in [2.75, 3.05) is 18.5 Å². The summed E-state index contributed by atoms with van der Waals surface area (Å²) < 4.78 is 4.75. The molecule has 1 aromatic rings. The van der Waals surface area contributed by atoms with Crippen molar-refractivity contribution in [2.45, 2.75) is 32.8 Å². The maximum absolute atomic E-state index is 11.8. The van der Waals surface area contributed by atoms with Gasteiger partial charge in [-0.2, -0.15) is 0 Å². The smallest absolute Gasteiger partial charge is 0.305 e. The predicted octanol–water partition coefficient (Wildman–Crippen LogP) is 0.754. The lowest BCUT2D eigenvalue weighted by molar-refractivity contribution is -0.143. The number of hydrogen-bond acceptors (Lipinski definition) is 5. The number of ether oxygens (including phenoxy) is 1. The molecule has 0 heterocycles. The lowest BCUT2D eigenvalue weighted by Crippen LogP contribution is -2.43. The Morgan fingerprint density at radius 3 is 2.65 bits per heavy atom. The third-order valence-electron chi connectivity index (χ3n) is 2.94. The molecule has 1 atom stereocenters. The third kappa shape index (κ3) is 6.92. The Balaban J connectivity index is 2.35. The summed E-state index contributed by atoms with van der Waals surface area (Å²) in [4.78, 5) is 34.6. The normalized spacial score (nSPS) is 11.4. The number of carbonyl (C=O) groups excluding carboxylic acids is 3. The van der Waals surface area contributed by atoms with E-state index in [-0.39, 0.29) is 18.9 Å². The maximum Gasteiger partial charge on any atom is 0.305 e. The van der Waals surface area contributed by atoms with Gasteiger partial charge in [0.15, 0.2) is 0 Å². The van der Waals surface area contributed by atoms with Crippen LogP contribution >= 0.6 is 0 Å². The highest BCUT2D eigenvalue weighted by Gasteiger charge is 2.23. The van der Waals surface area contributed by atoms with Crippen molar-refractivity contribution in [3.05, 3.63) is 29.8 Å². The molecule has 0 aliphatic rings. The van der Waals surface area contributed by atoms with Crippen LogP contribution in [0.5, 0.6) is 0 Å². The molecule has 7 nitrogen and oxygen atoms in total. The fraction of sp³-hybridized carbons (Fsp3) is 0.438. The van der Waals surface area contributed by atoms with Gasteiger partial charge in [0.25, 0.3) is 11.8 Å². The highest BCUT2D eigenvalue weighted by Crippen LogP contribution is 2.09. The Hall–Kier alpha value is -2.41. The lowest BCUT2D eigenvalue weighted by Gasteiger charge is -2.12. The molecule has 1 rings (SSSR count). The molecule has 1 unspecified atom stereocenters. The molecule has 1 aromatic carbocycles. The van der Waals surface area contributed by atoms with Gasteiger partial charge in [0.1, 0.15) is 0 Å². The molecule has 0 fully saturated rings. The Kier molecular flexibility index (Phi) is 7.76. The van der Waals surface area contributed by atoms with Gasteiger partial charge in [-0.05, 0) is 38.0 Å². The minimum atomic E-state index is -1.81. The van der Waals surface area contributed by atoms with Crippen molar-refractivity contribution in [3.8, 4) is 0 Å². The second kappa shape index (κ2) is 9.58. The summed E-state index contributed by atoms with van der Waals surface area (Å²) in [6, 6.07) is 7.01. The summed E-state index contributed by atoms with van der Waals surface area (Å²) >= 11 is 0.